The van der Waals surface area contributed by atoms with E-state index in [1.807, 2.05) is 14.1 Å². The Morgan fingerprint density at radius 2 is 1.80 bits per heavy atom. The van der Waals surface area contributed by atoms with Gasteiger partial charge in [-0.05, 0) is 27.9 Å². The summed E-state index contributed by atoms with van der Waals surface area (Å²) in [6.07, 6.45) is 0.0802. The number of hydrogen-bond donors (Lipinski definition) is 0. The summed E-state index contributed by atoms with van der Waals surface area (Å²) in [5.41, 5.74) is -0.646. The summed E-state index contributed by atoms with van der Waals surface area (Å²) >= 11 is 0. The predicted molar refractivity (Wildman–Crippen MR) is 55.1 cm³/mol. The highest BCUT2D eigenvalue weighted by molar-refractivity contribution is 5.71. The third kappa shape index (κ3) is 6.06. The van der Waals surface area contributed by atoms with E-state index in [1.54, 1.807) is 18.7 Å². The van der Waals surface area contributed by atoms with Gasteiger partial charge in [0.2, 0.25) is 0 Å². The normalized spacial score (nSPS) is 11.3. The average Bonchev–Trinajstić information content (AvgIpc) is 2.01. The largest absolute Gasteiger partial charge is 0.465 e. The van der Waals surface area contributed by atoms with Gasteiger partial charge in [0, 0.05) is 6.92 Å². The Bertz CT molecular complexity index is 236. The maximum atomic E-state index is 11.3. The molecule has 0 amide bonds. The van der Waals surface area contributed by atoms with E-state index >= 15 is 0 Å². The van der Waals surface area contributed by atoms with Crippen LogP contribution in [0, 0.1) is 0 Å². The lowest BCUT2D eigenvalue weighted by Gasteiger charge is -2.31. The van der Waals surface area contributed by atoms with Gasteiger partial charge in [-0.15, -0.1) is 0 Å². The van der Waals surface area contributed by atoms with Crippen molar-refractivity contribution in [3.05, 3.63) is 0 Å². The van der Waals surface area contributed by atoms with Gasteiger partial charge in [-0.1, -0.05) is 0 Å². The lowest BCUT2D eigenvalue weighted by atomic mass is 10.3. The first-order valence-electron chi connectivity index (χ1n) is 4.78. The first kappa shape index (κ1) is 13.9. The van der Waals surface area contributed by atoms with Gasteiger partial charge < -0.3 is 9.47 Å². The summed E-state index contributed by atoms with van der Waals surface area (Å²) in [4.78, 5) is 23.5. The number of nitrogens with zero attached hydrogens (tertiary/aromatic N) is 1. The SMILES string of the molecule is CC(=O)OCCC(=O)OC(C)(C)N(C)C. The molecular formula is C10H19NO4. The highest BCUT2D eigenvalue weighted by Crippen LogP contribution is 2.12. The number of ether oxygens (including phenoxy) is 2. The smallest absolute Gasteiger partial charge is 0.311 e. The predicted octanol–water partition coefficient (Wildman–Crippen LogP) is 0.780. The number of carbonyl (C=O) groups is 2. The molecule has 0 fully saturated rings. The van der Waals surface area contributed by atoms with Gasteiger partial charge in [0.05, 0.1) is 6.42 Å². The van der Waals surface area contributed by atoms with Crippen molar-refractivity contribution in [3.8, 4) is 0 Å². The standard InChI is InChI=1S/C10H19NO4/c1-8(12)14-7-6-9(13)15-10(2,3)11(4)5/h6-7H2,1-5H3. The maximum Gasteiger partial charge on any atom is 0.311 e. The lowest BCUT2D eigenvalue weighted by Crippen LogP contribution is -2.42. The van der Waals surface area contributed by atoms with E-state index < -0.39 is 11.7 Å². The van der Waals surface area contributed by atoms with Crippen LogP contribution in [0.2, 0.25) is 0 Å². The highest BCUT2D eigenvalue weighted by atomic mass is 16.6. The molecule has 0 aromatic heterocycles. The second-order valence-electron chi connectivity index (χ2n) is 3.91. The number of esters is 2. The molecule has 0 saturated heterocycles. The summed E-state index contributed by atoms with van der Waals surface area (Å²) in [7, 11) is 3.64. The topological polar surface area (TPSA) is 55.8 Å². The fourth-order valence-corrected chi connectivity index (χ4v) is 0.699. The summed E-state index contributed by atoms with van der Waals surface area (Å²) in [6, 6.07) is 0. The molecule has 5 heteroatoms. The van der Waals surface area contributed by atoms with Gasteiger partial charge in [-0.2, -0.15) is 0 Å². The van der Waals surface area contributed by atoms with E-state index in [1.165, 1.54) is 6.92 Å². The van der Waals surface area contributed by atoms with Gasteiger partial charge in [0.15, 0.2) is 5.72 Å². The Hall–Kier alpha value is -1.10. The van der Waals surface area contributed by atoms with Gasteiger partial charge in [-0.3, -0.25) is 14.5 Å². The van der Waals surface area contributed by atoms with E-state index in [0.717, 1.165) is 0 Å². The molecule has 0 radical (unpaired) electrons. The zero-order valence-electron chi connectivity index (χ0n) is 9.99. The van der Waals surface area contributed by atoms with Crippen LogP contribution in [0.5, 0.6) is 0 Å². The van der Waals surface area contributed by atoms with Gasteiger partial charge in [0.25, 0.3) is 0 Å². The summed E-state index contributed by atoms with van der Waals surface area (Å²) in [5.74, 6) is -0.774. The minimum atomic E-state index is -0.646. The Morgan fingerprint density at radius 1 is 1.27 bits per heavy atom. The van der Waals surface area contributed by atoms with Crippen molar-refractivity contribution in [3.63, 3.8) is 0 Å². The zero-order valence-corrected chi connectivity index (χ0v) is 9.99. The number of rotatable bonds is 5. The quantitative estimate of drug-likeness (QED) is 0.503. The molecule has 0 bridgehead atoms. The molecule has 0 aliphatic carbocycles. The molecule has 0 rings (SSSR count). The highest BCUT2D eigenvalue weighted by Gasteiger charge is 2.24. The van der Waals surface area contributed by atoms with Gasteiger partial charge >= 0.3 is 11.9 Å². The number of carbonyl (C=O) groups excluding carboxylic acids is 2. The molecule has 0 N–H and O–H groups in total. The van der Waals surface area contributed by atoms with Crippen molar-refractivity contribution < 1.29 is 19.1 Å². The molecule has 0 unspecified atom stereocenters. The van der Waals surface area contributed by atoms with Crippen LogP contribution >= 0.6 is 0 Å². The monoisotopic (exact) mass is 217 g/mol. The molecule has 0 heterocycles. The molecule has 15 heavy (non-hydrogen) atoms. The van der Waals surface area contributed by atoms with E-state index in [-0.39, 0.29) is 19.0 Å². The second kappa shape index (κ2) is 5.70. The third-order valence-corrected chi connectivity index (χ3v) is 2.05. The van der Waals surface area contributed by atoms with Crippen LogP contribution in [0.1, 0.15) is 27.2 Å². The second-order valence-corrected chi connectivity index (χ2v) is 3.91. The van der Waals surface area contributed by atoms with Crippen LogP contribution in [0.3, 0.4) is 0 Å². The summed E-state index contributed by atoms with van der Waals surface area (Å²) in [6.45, 7) is 4.94. The molecule has 0 aromatic rings. The van der Waals surface area contributed by atoms with Gasteiger partial charge in [-0.25, -0.2) is 0 Å². The molecule has 88 valence electrons. The van der Waals surface area contributed by atoms with Crippen LogP contribution in [-0.2, 0) is 19.1 Å². The molecule has 5 nitrogen and oxygen atoms in total. The van der Waals surface area contributed by atoms with Crippen molar-refractivity contribution in [1.29, 1.82) is 0 Å². The summed E-state index contributed by atoms with van der Waals surface area (Å²) < 4.78 is 9.81. The van der Waals surface area contributed by atoms with Gasteiger partial charge in [0.1, 0.15) is 6.61 Å². The molecule has 0 spiro atoms. The zero-order chi connectivity index (χ0) is 12.1. The Kier molecular flexibility index (Phi) is 5.28. The number of hydrogen-bond acceptors (Lipinski definition) is 5. The minimum Gasteiger partial charge on any atom is -0.465 e. The Balaban J connectivity index is 3.88. The average molecular weight is 217 g/mol. The van der Waals surface area contributed by atoms with Crippen LogP contribution in [0.4, 0.5) is 0 Å². The summed E-state index contributed by atoms with van der Waals surface area (Å²) in [5, 5.41) is 0. The van der Waals surface area contributed by atoms with Crippen LogP contribution in [0.25, 0.3) is 0 Å². The van der Waals surface area contributed by atoms with Crippen molar-refractivity contribution in [2.45, 2.75) is 32.9 Å². The maximum absolute atomic E-state index is 11.3. The Morgan fingerprint density at radius 3 is 2.20 bits per heavy atom. The lowest BCUT2D eigenvalue weighted by molar-refractivity contribution is -0.173. The molecule has 0 aliphatic heterocycles. The van der Waals surface area contributed by atoms with Crippen molar-refractivity contribution >= 4 is 11.9 Å². The third-order valence-electron chi connectivity index (χ3n) is 2.05. The molecular weight excluding hydrogens is 198 g/mol. The Labute approximate surface area is 90.3 Å². The van der Waals surface area contributed by atoms with Crippen LogP contribution < -0.4 is 0 Å². The van der Waals surface area contributed by atoms with Crippen molar-refractivity contribution in [2.24, 2.45) is 0 Å². The van der Waals surface area contributed by atoms with Crippen molar-refractivity contribution in [1.82, 2.24) is 4.90 Å². The van der Waals surface area contributed by atoms with E-state index in [4.69, 9.17) is 4.74 Å². The van der Waals surface area contributed by atoms with Crippen LogP contribution in [-0.4, -0.2) is 43.3 Å². The first-order chi connectivity index (χ1) is 6.75. The van der Waals surface area contributed by atoms with Crippen LogP contribution in [0.15, 0.2) is 0 Å². The first-order valence-corrected chi connectivity index (χ1v) is 4.78. The van der Waals surface area contributed by atoms with Crippen molar-refractivity contribution in [2.75, 3.05) is 20.7 Å². The molecule has 0 aromatic carbocycles. The fourth-order valence-electron chi connectivity index (χ4n) is 0.699. The van der Waals surface area contributed by atoms with E-state index in [9.17, 15) is 9.59 Å². The molecule has 0 atom stereocenters. The molecule has 0 aliphatic rings. The molecule has 0 saturated carbocycles. The van der Waals surface area contributed by atoms with E-state index in [2.05, 4.69) is 4.74 Å². The minimum absolute atomic E-state index is 0.0671. The fraction of sp³-hybridized carbons (Fsp3) is 0.800. The van der Waals surface area contributed by atoms with E-state index in [0.29, 0.717) is 0 Å².